The van der Waals surface area contributed by atoms with E-state index in [0.29, 0.717) is 6.42 Å². The van der Waals surface area contributed by atoms with Crippen LogP contribution in [-0.4, -0.2) is 5.67 Å². The first-order chi connectivity index (χ1) is 6.18. The van der Waals surface area contributed by atoms with Crippen LogP contribution in [0, 0.1) is 6.92 Å². The van der Waals surface area contributed by atoms with Gasteiger partial charge in [0.05, 0.1) is 0 Å². The largest absolute Gasteiger partial charge is 0.244 e. The summed E-state index contributed by atoms with van der Waals surface area (Å²) in [7, 11) is 0. The van der Waals surface area contributed by atoms with Crippen molar-refractivity contribution in [2.45, 2.75) is 38.3 Å². The minimum Gasteiger partial charge on any atom is -0.244 e. The predicted molar refractivity (Wildman–Crippen MR) is 52.6 cm³/mol. The number of rotatable bonds is 2. The average molecular weight is 178 g/mol. The molecule has 0 saturated heterocycles. The molecule has 70 valence electrons. The molecule has 13 heavy (non-hydrogen) atoms. The lowest BCUT2D eigenvalue weighted by atomic mass is 9.77. The van der Waals surface area contributed by atoms with E-state index in [0.717, 1.165) is 24.8 Å². The number of hydrogen-bond acceptors (Lipinski definition) is 0. The van der Waals surface area contributed by atoms with Crippen LogP contribution in [0.3, 0.4) is 0 Å². The van der Waals surface area contributed by atoms with Gasteiger partial charge in [-0.2, -0.15) is 0 Å². The summed E-state index contributed by atoms with van der Waals surface area (Å²) in [5.41, 5.74) is 1.48. The second-order valence-electron chi connectivity index (χ2n) is 4.17. The SMILES string of the molecule is Cc1cccc(CC2(F)CCC2)c1. The molecular formula is C12H15F. The molecule has 0 aromatic heterocycles. The van der Waals surface area contributed by atoms with Gasteiger partial charge in [0.1, 0.15) is 5.67 Å². The van der Waals surface area contributed by atoms with E-state index in [9.17, 15) is 4.39 Å². The fourth-order valence-corrected chi connectivity index (χ4v) is 1.93. The lowest BCUT2D eigenvalue weighted by Crippen LogP contribution is -2.34. The smallest absolute Gasteiger partial charge is 0.115 e. The highest BCUT2D eigenvalue weighted by molar-refractivity contribution is 5.24. The number of hydrogen-bond donors (Lipinski definition) is 0. The second kappa shape index (κ2) is 3.13. The van der Waals surface area contributed by atoms with Gasteiger partial charge in [0.2, 0.25) is 0 Å². The van der Waals surface area contributed by atoms with Crippen molar-refractivity contribution in [2.75, 3.05) is 0 Å². The molecule has 1 aromatic rings. The van der Waals surface area contributed by atoms with Crippen molar-refractivity contribution in [3.05, 3.63) is 35.4 Å². The molecule has 1 aromatic carbocycles. The Bertz CT molecular complexity index is 300. The zero-order chi connectivity index (χ0) is 9.31. The van der Waals surface area contributed by atoms with Gasteiger partial charge in [0.25, 0.3) is 0 Å². The van der Waals surface area contributed by atoms with Crippen LogP contribution in [0.4, 0.5) is 4.39 Å². The molecular weight excluding hydrogens is 163 g/mol. The zero-order valence-electron chi connectivity index (χ0n) is 8.02. The molecule has 0 heterocycles. The van der Waals surface area contributed by atoms with E-state index >= 15 is 0 Å². The van der Waals surface area contributed by atoms with Crippen molar-refractivity contribution in [3.63, 3.8) is 0 Å². The molecule has 1 aliphatic carbocycles. The summed E-state index contributed by atoms with van der Waals surface area (Å²) in [5, 5.41) is 0. The Morgan fingerprint density at radius 2 is 2.15 bits per heavy atom. The first-order valence-electron chi connectivity index (χ1n) is 4.92. The number of aryl methyl sites for hydroxylation is 1. The van der Waals surface area contributed by atoms with E-state index < -0.39 is 5.67 Å². The minimum absolute atomic E-state index is 0.606. The molecule has 0 atom stereocenters. The molecule has 0 amide bonds. The molecule has 0 spiro atoms. The van der Waals surface area contributed by atoms with Gasteiger partial charge in [-0.1, -0.05) is 29.8 Å². The van der Waals surface area contributed by atoms with Crippen LogP contribution < -0.4 is 0 Å². The zero-order valence-corrected chi connectivity index (χ0v) is 8.02. The molecule has 0 radical (unpaired) electrons. The van der Waals surface area contributed by atoms with E-state index in [1.807, 2.05) is 12.1 Å². The summed E-state index contributed by atoms with van der Waals surface area (Å²) in [5.74, 6) is 0. The van der Waals surface area contributed by atoms with Crippen molar-refractivity contribution in [2.24, 2.45) is 0 Å². The Balaban J connectivity index is 2.09. The van der Waals surface area contributed by atoms with Crippen molar-refractivity contribution in [1.29, 1.82) is 0 Å². The third kappa shape index (κ3) is 1.90. The van der Waals surface area contributed by atoms with Crippen LogP contribution in [0.15, 0.2) is 24.3 Å². The van der Waals surface area contributed by atoms with Crippen molar-refractivity contribution < 1.29 is 4.39 Å². The van der Waals surface area contributed by atoms with Crippen molar-refractivity contribution in [3.8, 4) is 0 Å². The van der Waals surface area contributed by atoms with E-state index in [1.165, 1.54) is 5.56 Å². The Labute approximate surface area is 78.8 Å². The van der Waals surface area contributed by atoms with Crippen LogP contribution >= 0.6 is 0 Å². The van der Waals surface area contributed by atoms with Crippen molar-refractivity contribution in [1.82, 2.24) is 0 Å². The Morgan fingerprint density at radius 3 is 2.69 bits per heavy atom. The number of alkyl halides is 1. The first kappa shape index (κ1) is 8.74. The summed E-state index contributed by atoms with van der Waals surface area (Å²) in [6, 6.07) is 8.16. The van der Waals surface area contributed by atoms with Crippen LogP contribution in [-0.2, 0) is 6.42 Å². The minimum atomic E-state index is -0.881. The second-order valence-corrected chi connectivity index (χ2v) is 4.17. The Morgan fingerprint density at radius 1 is 1.38 bits per heavy atom. The highest BCUT2D eigenvalue weighted by Gasteiger charge is 2.36. The standard InChI is InChI=1S/C12H15F/c1-10-4-2-5-11(8-10)9-12(13)6-3-7-12/h2,4-5,8H,3,6-7,9H2,1H3. The topological polar surface area (TPSA) is 0 Å². The lowest BCUT2D eigenvalue weighted by molar-refractivity contribution is 0.0641. The van der Waals surface area contributed by atoms with E-state index in [1.54, 1.807) is 0 Å². The molecule has 0 nitrogen and oxygen atoms in total. The summed E-state index contributed by atoms with van der Waals surface area (Å²) in [6.07, 6.45) is 3.17. The molecule has 1 aliphatic rings. The Kier molecular flexibility index (Phi) is 2.10. The Hall–Kier alpha value is -0.850. The molecule has 0 N–H and O–H groups in total. The molecule has 0 bridgehead atoms. The van der Waals surface area contributed by atoms with Gasteiger partial charge in [0.15, 0.2) is 0 Å². The summed E-state index contributed by atoms with van der Waals surface area (Å²) < 4.78 is 13.7. The fraction of sp³-hybridized carbons (Fsp3) is 0.500. The van der Waals surface area contributed by atoms with E-state index in [-0.39, 0.29) is 0 Å². The molecule has 1 heteroatoms. The normalized spacial score (nSPS) is 19.5. The third-order valence-corrected chi connectivity index (χ3v) is 2.85. The quantitative estimate of drug-likeness (QED) is 0.651. The highest BCUT2D eigenvalue weighted by Crippen LogP contribution is 2.38. The van der Waals surface area contributed by atoms with E-state index in [4.69, 9.17) is 0 Å². The highest BCUT2D eigenvalue weighted by atomic mass is 19.1. The van der Waals surface area contributed by atoms with Gasteiger partial charge in [-0.15, -0.1) is 0 Å². The van der Waals surface area contributed by atoms with Gasteiger partial charge in [-0.25, -0.2) is 4.39 Å². The van der Waals surface area contributed by atoms with Crippen molar-refractivity contribution >= 4 is 0 Å². The van der Waals surface area contributed by atoms with Crippen LogP contribution in [0.2, 0.25) is 0 Å². The number of benzene rings is 1. The summed E-state index contributed by atoms with van der Waals surface area (Å²) in [4.78, 5) is 0. The maximum atomic E-state index is 13.7. The predicted octanol–water partition coefficient (Wildman–Crippen LogP) is 3.43. The van der Waals surface area contributed by atoms with Crippen LogP contribution in [0.25, 0.3) is 0 Å². The molecule has 1 fully saturated rings. The monoisotopic (exact) mass is 178 g/mol. The molecule has 0 unspecified atom stereocenters. The van der Waals surface area contributed by atoms with E-state index in [2.05, 4.69) is 19.1 Å². The fourth-order valence-electron chi connectivity index (χ4n) is 1.93. The van der Waals surface area contributed by atoms with Gasteiger partial charge in [-0.05, 0) is 31.7 Å². The average Bonchev–Trinajstić information content (AvgIpc) is 2.01. The molecule has 0 aliphatic heterocycles. The summed E-state index contributed by atoms with van der Waals surface area (Å²) in [6.45, 7) is 2.05. The summed E-state index contributed by atoms with van der Waals surface area (Å²) >= 11 is 0. The van der Waals surface area contributed by atoms with Gasteiger partial charge in [0, 0.05) is 6.42 Å². The molecule has 2 rings (SSSR count). The van der Waals surface area contributed by atoms with Gasteiger partial charge >= 0.3 is 0 Å². The van der Waals surface area contributed by atoms with Crippen LogP contribution in [0.5, 0.6) is 0 Å². The van der Waals surface area contributed by atoms with Gasteiger partial charge in [-0.3, -0.25) is 0 Å². The van der Waals surface area contributed by atoms with Crippen LogP contribution in [0.1, 0.15) is 30.4 Å². The maximum Gasteiger partial charge on any atom is 0.115 e. The lowest BCUT2D eigenvalue weighted by Gasteiger charge is -2.33. The third-order valence-electron chi connectivity index (χ3n) is 2.85. The maximum absolute atomic E-state index is 13.7. The van der Waals surface area contributed by atoms with Gasteiger partial charge < -0.3 is 0 Å². The number of halogens is 1. The first-order valence-corrected chi connectivity index (χ1v) is 4.92. The molecule has 1 saturated carbocycles.